The third kappa shape index (κ3) is 1.53. The maximum absolute atomic E-state index is 12.0. The molecule has 0 spiro atoms. The van der Waals surface area contributed by atoms with E-state index in [1.165, 1.54) is 0 Å². The molecule has 0 aromatic carbocycles. The van der Waals surface area contributed by atoms with Gasteiger partial charge in [-0.2, -0.15) is 17.6 Å². The summed E-state index contributed by atoms with van der Waals surface area (Å²) < 4.78 is 51.2. The molecule has 1 aliphatic rings. The van der Waals surface area contributed by atoms with Crippen molar-refractivity contribution in [3.05, 3.63) is 0 Å². The Balaban J connectivity index is 2.89. The lowest BCUT2D eigenvalue weighted by molar-refractivity contribution is -0.344. The van der Waals surface area contributed by atoms with Crippen LogP contribution in [-0.4, -0.2) is 16.9 Å². The van der Waals surface area contributed by atoms with E-state index >= 15 is 0 Å². The highest BCUT2D eigenvalue weighted by Crippen LogP contribution is 2.51. The van der Waals surface area contributed by atoms with Gasteiger partial charge in [0.25, 0.3) is 0 Å². The Bertz CT molecular complexity index is 164. The highest BCUT2D eigenvalue weighted by atomic mass is 35.5. The highest BCUT2D eigenvalue weighted by molar-refractivity contribution is 6.46. The van der Waals surface area contributed by atoms with E-state index < -0.39 is 16.9 Å². The Morgan fingerprint density at radius 1 is 0.818 bits per heavy atom. The summed E-state index contributed by atoms with van der Waals surface area (Å²) in [5, 5.41) is 0. The average molecular weight is 215 g/mol. The second-order valence-corrected chi connectivity index (χ2v) is 2.89. The van der Waals surface area contributed by atoms with Crippen molar-refractivity contribution >= 4 is 23.2 Å². The summed E-state index contributed by atoms with van der Waals surface area (Å²) in [6, 6.07) is 0. The zero-order valence-corrected chi connectivity index (χ0v) is 6.10. The maximum Gasteiger partial charge on any atom is 0.452 e. The van der Waals surface area contributed by atoms with Crippen LogP contribution in [0, 0.1) is 0 Å². The summed E-state index contributed by atoms with van der Waals surface area (Å²) in [5.74, 6) is 0. The van der Waals surface area contributed by atoms with Gasteiger partial charge in [0, 0.05) is 0 Å². The van der Waals surface area contributed by atoms with E-state index in [2.05, 4.69) is 9.47 Å². The van der Waals surface area contributed by atoms with E-state index in [1.54, 1.807) is 0 Å². The molecule has 2 nitrogen and oxygen atoms in total. The van der Waals surface area contributed by atoms with E-state index in [1.807, 2.05) is 0 Å². The monoisotopic (exact) mass is 214 g/mol. The van der Waals surface area contributed by atoms with Crippen molar-refractivity contribution in [1.29, 1.82) is 0 Å². The molecule has 0 aromatic rings. The third-order valence-electron chi connectivity index (χ3n) is 0.833. The van der Waals surface area contributed by atoms with Gasteiger partial charge >= 0.3 is 16.9 Å². The van der Waals surface area contributed by atoms with Crippen LogP contribution in [-0.2, 0) is 9.47 Å². The summed E-state index contributed by atoms with van der Waals surface area (Å²) >= 11 is 9.40. The van der Waals surface area contributed by atoms with Crippen molar-refractivity contribution in [2.75, 3.05) is 0 Å². The Morgan fingerprint density at radius 3 is 1.18 bits per heavy atom. The molecule has 0 N–H and O–H groups in total. The predicted octanol–water partition coefficient (Wildman–Crippen LogP) is 2.31. The smallest absolute Gasteiger partial charge is 0.252 e. The van der Waals surface area contributed by atoms with Crippen molar-refractivity contribution in [2.45, 2.75) is 16.9 Å². The molecule has 1 fully saturated rings. The second-order valence-electron chi connectivity index (χ2n) is 1.70. The van der Waals surface area contributed by atoms with Crippen LogP contribution >= 0.6 is 23.2 Å². The van der Waals surface area contributed by atoms with Crippen LogP contribution in [0.3, 0.4) is 0 Å². The van der Waals surface area contributed by atoms with Gasteiger partial charge in [-0.05, 0) is 23.2 Å². The zero-order chi connectivity index (χ0) is 8.91. The van der Waals surface area contributed by atoms with E-state index in [9.17, 15) is 17.6 Å². The molecule has 66 valence electrons. The van der Waals surface area contributed by atoms with Crippen LogP contribution in [0.2, 0.25) is 0 Å². The van der Waals surface area contributed by atoms with Gasteiger partial charge in [0.2, 0.25) is 0 Å². The molecule has 0 radical (unpaired) electrons. The number of hydrogen-bond acceptors (Lipinski definition) is 2. The average Bonchev–Trinajstić information content (AvgIpc) is 1.66. The number of halogens is 6. The molecule has 11 heavy (non-hydrogen) atoms. The SMILES string of the molecule is FC1(F)OC(Cl)(Cl)OC1(F)F. The first-order valence-corrected chi connectivity index (χ1v) is 2.96. The lowest BCUT2D eigenvalue weighted by atomic mass is 10.6. The van der Waals surface area contributed by atoms with Crippen LogP contribution in [0.4, 0.5) is 17.6 Å². The van der Waals surface area contributed by atoms with Gasteiger partial charge in [-0.1, -0.05) is 0 Å². The van der Waals surface area contributed by atoms with Gasteiger partial charge in [0.05, 0.1) is 0 Å². The van der Waals surface area contributed by atoms with Crippen molar-refractivity contribution in [3.8, 4) is 0 Å². The van der Waals surface area contributed by atoms with Crippen molar-refractivity contribution in [2.24, 2.45) is 0 Å². The lowest BCUT2D eigenvalue weighted by Gasteiger charge is -2.11. The fourth-order valence-electron chi connectivity index (χ4n) is 0.438. The van der Waals surface area contributed by atoms with Crippen LogP contribution < -0.4 is 0 Å². The fourth-order valence-corrected chi connectivity index (χ4v) is 0.826. The third-order valence-corrected chi connectivity index (χ3v) is 1.14. The molecule has 1 rings (SSSR count). The number of alkyl halides is 6. The first-order valence-electron chi connectivity index (χ1n) is 2.20. The summed E-state index contributed by atoms with van der Waals surface area (Å²) in [6.07, 6.45) is -9.59. The van der Waals surface area contributed by atoms with Gasteiger partial charge in [-0.15, -0.1) is 0 Å². The van der Waals surface area contributed by atoms with Crippen LogP contribution in [0.1, 0.15) is 0 Å². The molecule has 0 aliphatic carbocycles. The summed E-state index contributed by atoms with van der Waals surface area (Å²) in [7, 11) is 0. The molecule has 1 saturated heterocycles. The number of hydrogen-bond donors (Lipinski definition) is 0. The Kier molecular flexibility index (Phi) is 1.80. The van der Waals surface area contributed by atoms with Crippen molar-refractivity contribution in [1.82, 2.24) is 0 Å². The topological polar surface area (TPSA) is 18.5 Å². The zero-order valence-electron chi connectivity index (χ0n) is 4.58. The standard InChI is InChI=1S/C3Cl2F4O2/c4-3(5)10-1(6,7)2(8,9)11-3. The van der Waals surface area contributed by atoms with Crippen LogP contribution in [0.15, 0.2) is 0 Å². The molecular weight excluding hydrogens is 215 g/mol. The van der Waals surface area contributed by atoms with Gasteiger partial charge in [-0.25, -0.2) is 0 Å². The Morgan fingerprint density at radius 2 is 1.09 bits per heavy atom. The van der Waals surface area contributed by atoms with Gasteiger partial charge < -0.3 is 0 Å². The van der Waals surface area contributed by atoms with E-state index in [4.69, 9.17) is 23.2 Å². The van der Waals surface area contributed by atoms with E-state index in [0.29, 0.717) is 0 Å². The number of rotatable bonds is 0. The Labute approximate surface area is 68.0 Å². The molecule has 0 bridgehead atoms. The molecule has 1 heterocycles. The van der Waals surface area contributed by atoms with Gasteiger partial charge in [0.1, 0.15) is 0 Å². The van der Waals surface area contributed by atoms with Crippen molar-refractivity contribution < 1.29 is 27.0 Å². The molecule has 0 atom stereocenters. The first kappa shape index (κ1) is 9.31. The molecular formula is C3Cl2F4O2. The van der Waals surface area contributed by atoms with Crippen molar-refractivity contribution in [3.63, 3.8) is 0 Å². The molecule has 1 aliphatic heterocycles. The maximum atomic E-state index is 12.0. The van der Waals surface area contributed by atoms with Gasteiger partial charge in [0.15, 0.2) is 0 Å². The quantitative estimate of drug-likeness (QED) is 0.455. The molecule has 8 heteroatoms. The Hall–Kier alpha value is 0.220. The van der Waals surface area contributed by atoms with E-state index in [-0.39, 0.29) is 0 Å². The minimum atomic E-state index is -4.80. The molecule has 0 unspecified atom stereocenters. The normalized spacial score (nSPS) is 32.2. The summed E-state index contributed by atoms with van der Waals surface area (Å²) in [4.78, 5) is 0. The van der Waals surface area contributed by atoms with Gasteiger partial charge in [-0.3, -0.25) is 9.47 Å². The van der Waals surface area contributed by atoms with Crippen LogP contribution in [0.25, 0.3) is 0 Å². The minimum Gasteiger partial charge on any atom is -0.252 e. The number of ether oxygens (including phenoxy) is 2. The summed E-state index contributed by atoms with van der Waals surface area (Å²) in [6.45, 7) is 0. The van der Waals surface area contributed by atoms with E-state index in [0.717, 1.165) is 0 Å². The molecule has 0 saturated carbocycles. The first-order chi connectivity index (χ1) is 4.66. The minimum absolute atomic E-state index is 2.99. The highest BCUT2D eigenvalue weighted by Gasteiger charge is 2.72. The molecule has 0 aromatic heterocycles. The molecule has 0 amide bonds. The second kappa shape index (κ2) is 2.12. The fraction of sp³-hybridized carbons (Fsp3) is 1.00. The largest absolute Gasteiger partial charge is 0.452 e. The predicted molar refractivity (Wildman–Crippen MR) is 26.5 cm³/mol. The lowest BCUT2D eigenvalue weighted by Crippen LogP contribution is -2.36. The van der Waals surface area contributed by atoms with Crippen LogP contribution in [0.5, 0.6) is 0 Å². The summed E-state index contributed by atoms with van der Waals surface area (Å²) in [5.41, 5.74) is 0.